The number of aromatic nitrogens is 1. The molecule has 14 heavy (non-hydrogen) atoms. The van der Waals surface area contributed by atoms with Gasteiger partial charge in [0, 0.05) is 25.4 Å². The predicted octanol–water partition coefficient (Wildman–Crippen LogP) is 1.91. The van der Waals surface area contributed by atoms with Gasteiger partial charge in [0.25, 0.3) is 0 Å². The van der Waals surface area contributed by atoms with Crippen LogP contribution in [-0.2, 0) is 4.74 Å². The van der Waals surface area contributed by atoms with E-state index in [0.29, 0.717) is 0 Å². The van der Waals surface area contributed by atoms with Gasteiger partial charge in [-0.1, -0.05) is 6.08 Å². The number of anilines is 1. The van der Waals surface area contributed by atoms with Crippen molar-refractivity contribution in [3.8, 4) is 0 Å². The minimum Gasteiger partial charge on any atom is -0.358 e. The van der Waals surface area contributed by atoms with Crippen LogP contribution in [0.15, 0.2) is 24.4 Å². The summed E-state index contributed by atoms with van der Waals surface area (Å²) in [5, 5.41) is 0. The van der Waals surface area contributed by atoms with E-state index in [0.717, 1.165) is 17.9 Å². The fraction of sp³-hybridized carbons (Fsp3) is 0.364. The first kappa shape index (κ1) is 9.21. The SMILES string of the molecule is CCN1c2ncccc2C=C[C@H]1OC. The van der Waals surface area contributed by atoms with Crippen molar-refractivity contribution in [3.63, 3.8) is 0 Å². The summed E-state index contributed by atoms with van der Waals surface area (Å²) < 4.78 is 5.35. The minimum atomic E-state index is 0.0161. The molecular formula is C11H14N2O. The van der Waals surface area contributed by atoms with Gasteiger partial charge in [-0.25, -0.2) is 4.98 Å². The molecule has 1 aromatic heterocycles. The Morgan fingerprint density at radius 1 is 1.57 bits per heavy atom. The average Bonchev–Trinajstić information content (AvgIpc) is 2.27. The van der Waals surface area contributed by atoms with Crippen LogP contribution in [0.4, 0.5) is 5.82 Å². The van der Waals surface area contributed by atoms with Crippen LogP contribution in [0.25, 0.3) is 6.08 Å². The Morgan fingerprint density at radius 2 is 2.43 bits per heavy atom. The van der Waals surface area contributed by atoms with E-state index in [1.165, 1.54) is 0 Å². The van der Waals surface area contributed by atoms with Gasteiger partial charge in [-0.3, -0.25) is 0 Å². The van der Waals surface area contributed by atoms with E-state index < -0.39 is 0 Å². The van der Waals surface area contributed by atoms with E-state index in [9.17, 15) is 0 Å². The first-order chi connectivity index (χ1) is 6.86. The molecule has 1 atom stereocenters. The van der Waals surface area contributed by atoms with Crippen molar-refractivity contribution in [2.24, 2.45) is 0 Å². The number of rotatable bonds is 2. The van der Waals surface area contributed by atoms with Crippen LogP contribution in [0.5, 0.6) is 0 Å². The zero-order valence-electron chi connectivity index (χ0n) is 8.47. The number of ether oxygens (including phenoxy) is 1. The lowest BCUT2D eigenvalue weighted by atomic mass is 10.1. The van der Waals surface area contributed by atoms with E-state index in [4.69, 9.17) is 4.74 Å². The van der Waals surface area contributed by atoms with Gasteiger partial charge < -0.3 is 9.64 Å². The lowest BCUT2D eigenvalue weighted by Gasteiger charge is -2.32. The van der Waals surface area contributed by atoms with Crippen LogP contribution in [0, 0.1) is 0 Å². The van der Waals surface area contributed by atoms with E-state index in [1.54, 1.807) is 7.11 Å². The van der Waals surface area contributed by atoms with Gasteiger partial charge in [-0.05, 0) is 25.1 Å². The van der Waals surface area contributed by atoms with Crippen LogP contribution < -0.4 is 4.90 Å². The first-order valence-electron chi connectivity index (χ1n) is 4.79. The molecule has 0 aromatic carbocycles. The van der Waals surface area contributed by atoms with Crippen molar-refractivity contribution >= 4 is 11.9 Å². The van der Waals surface area contributed by atoms with Gasteiger partial charge in [0.05, 0.1) is 0 Å². The standard InChI is InChI=1S/C11H14N2O/c1-3-13-10(14-2)7-6-9-5-4-8-12-11(9)13/h4-8,10H,3H2,1-2H3/t10-/m1/s1. The van der Waals surface area contributed by atoms with Crippen LogP contribution in [-0.4, -0.2) is 24.9 Å². The summed E-state index contributed by atoms with van der Waals surface area (Å²) >= 11 is 0. The van der Waals surface area contributed by atoms with E-state index in [-0.39, 0.29) is 6.23 Å². The van der Waals surface area contributed by atoms with Crippen molar-refractivity contribution < 1.29 is 4.74 Å². The molecule has 1 aliphatic rings. The van der Waals surface area contributed by atoms with E-state index in [2.05, 4.69) is 29.0 Å². The highest BCUT2D eigenvalue weighted by molar-refractivity contribution is 5.68. The van der Waals surface area contributed by atoms with Crippen molar-refractivity contribution in [3.05, 3.63) is 30.0 Å². The van der Waals surface area contributed by atoms with Gasteiger partial charge in [-0.2, -0.15) is 0 Å². The predicted molar refractivity (Wildman–Crippen MR) is 57.1 cm³/mol. The second-order valence-corrected chi connectivity index (χ2v) is 3.19. The Bertz CT molecular complexity index is 349. The Morgan fingerprint density at radius 3 is 3.14 bits per heavy atom. The highest BCUT2D eigenvalue weighted by Gasteiger charge is 2.20. The van der Waals surface area contributed by atoms with Crippen LogP contribution in [0.1, 0.15) is 12.5 Å². The minimum absolute atomic E-state index is 0.0161. The highest BCUT2D eigenvalue weighted by atomic mass is 16.5. The Kier molecular flexibility index (Phi) is 2.50. The first-order valence-corrected chi connectivity index (χ1v) is 4.79. The molecular weight excluding hydrogens is 176 g/mol. The van der Waals surface area contributed by atoms with E-state index >= 15 is 0 Å². The largest absolute Gasteiger partial charge is 0.358 e. The maximum absolute atomic E-state index is 5.35. The molecule has 1 aliphatic heterocycles. The number of hydrogen-bond acceptors (Lipinski definition) is 3. The summed E-state index contributed by atoms with van der Waals surface area (Å²) in [5.41, 5.74) is 1.16. The molecule has 3 nitrogen and oxygen atoms in total. The van der Waals surface area contributed by atoms with Gasteiger partial charge in [0.15, 0.2) is 6.23 Å². The molecule has 0 aliphatic carbocycles. The van der Waals surface area contributed by atoms with Crippen molar-refractivity contribution in [2.45, 2.75) is 13.2 Å². The van der Waals surface area contributed by atoms with Gasteiger partial charge >= 0.3 is 0 Å². The molecule has 2 heterocycles. The molecule has 0 amide bonds. The molecule has 0 bridgehead atoms. The summed E-state index contributed by atoms with van der Waals surface area (Å²) in [6.45, 7) is 3.00. The third-order valence-electron chi connectivity index (χ3n) is 2.42. The third kappa shape index (κ3) is 1.40. The Hall–Kier alpha value is -1.35. The molecule has 3 heteroatoms. The number of pyridine rings is 1. The van der Waals surface area contributed by atoms with Crippen molar-refractivity contribution in [1.29, 1.82) is 0 Å². The molecule has 0 radical (unpaired) electrons. The van der Waals surface area contributed by atoms with Crippen molar-refractivity contribution in [2.75, 3.05) is 18.6 Å². The summed E-state index contributed by atoms with van der Waals surface area (Å²) in [7, 11) is 1.71. The second-order valence-electron chi connectivity index (χ2n) is 3.19. The number of nitrogens with zero attached hydrogens (tertiary/aromatic N) is 2. The van der Waals surface area contributed by atoms with Crippen LogP contribution in [0.2, 0.25) is 0 Å². The topological polar surface area (TPSA) is 25.4 Å². The smallest absolute Gasteiger partial charge is 0.150 e. The fourth-order valence-corrected chi connectivity index (χ4v) is 1.73. The van der Waals surface area contributed by atoms with Crippen LogP contribution in [0.3, 0.4) is 0 Å². The van der Waals surface area contributed by atoms with Crippen LogP contribution >= 0.6 is 0 Å². The Balaban J connectivity index is 2.42. The molecule has 0 fully saturated rings. The molecule has 0 unspecified atom stereocenters. The summed E-state index contributed by atoms with van der Waals surface area (Å²) in [6, 6.07) is 4.01. The summed E-state index contributed by atoms with van der Waals surface area (Å²) in [6.07, 6.45) is 5.94. The zero-order chi connectivity index (χ0) is 9.97. The molecule has 0 saturated heterocycles. The second kappa shape index (κ2) is 3.80. The lowest BCUT2D eigenvalue weighted by Crippen LogP contribution is -2.37. The number of fused-ring (bicyclic) bond motifs is 1. The molecule has 0 N–H and O–H groups in total. The van der Waals surface area contributed by atoms with Crippen molar-refractivity contribution in [1.82, 2.24) is 4.98 Å². The average molecular weight is 190 g/mol. The van der Waals surface area contributed by atoms with Gasteiger partial charge in [0.1, 0.15) is 5.82 Å². The molecule has 0 spiro atoms. The highest BCUT2D eigenvalue weighted by Crippen LogP contribution is 2.25. The molecule has 2 rings (SSSR count). The molecule has 1 aromatic rings. The zero-order valence-corrected chi connectivity index (χ0v) is 8.47. The quantitative estimate of drug-likeness (QED) is 0.712. The number of hydrogen-bond donors (Lipinski definition) is 0. The third-order valence-corrected chi connectivity index (χ3v) is 2.42. The number of methoxy groups -OCH3 is 1. The van der Waals surface area contributed by atoms with Gasteiger partial charge in [-0.15, -0.1) is 0 Å². The summed E-state index contributed by atoms with van der Waals surface area (Å²) in [4.78, 5) is 6.50. The number of likely N-dealkylation sites (N-methyl/N-ethyl adjacent to an activating group) is 1. The maximum Gasteiger partial charge on any atom is 0.150 e. The summed E-state index contributed by atoms with van der Waals surface area (Å²) in [5.74, 6) is 1.00. The Labute approximate surface area is 84.0 Å². The lowest BCUT2D eigenvalue weighted by molar-refractivity contribution is 0.137. The molecule has 74 valence electrons. The van der Waals surface area contributed by atoms with Gasteiger partial charge in [0.2, 0.25) is 0 Å². The van der Waals surface area contributed by atoms with E-state index in [1.807, 2.05) is 18.3 Å². The maximum atomic E-state index is 5.35. The molecule has 0 saturated carbocycles. The normalized spacial score (nSPS) is 19.6. The fourth-order valence-electron chi connectivity index (χ4n) is 1.73. The monoisotopic (exact) mass is 190 g/mol.